The number of H-pyrrole nitrogens is 1. The summed E-state index contributed by atoms with van der Waals surface area (Å²) in [6, 6.07) is 0. The van der Waals surface area contributed by atoms with Gasteiger partial charge in [0.1, 0.15) is 23.3 Å². The molecule has 1 N–H and O–H groups in total. The minimum Gasteiger partial charge on any atom is -0.378 e. The lowest BCUT2D eigenvalue weighted by Crippen LogP contribution is -2.40. The highest BCUT2D eigenvalue weighted by Gasteiger charge is 2.31. The van der Waals surface area contributed by atoms with Gasteiger partial charge in [-0.05, 0) is 36.5 Å². The number of hydrogen-bond donors (Lipinski definition) is 0. The van der Waals surface area contributed by atoms with E-state index in [9.17, 15) is 0 Å². The van der Waals surface area contributed by atoms with Gasteiger partial charge in [0, 0.05) is 18.7 Å². The SMILES string of the molecule is C1CCc2c(c(N3CCOCC3)[nH+]c3sc4c(N5CCOCC5)nnnc4c23)C1. The molecule has 0 atom stereocenters. The fourth-order valence-electron chi connectivity index (χ4n) is 4.86. The fourth-order valence-corrected chi connectivity index (χ4v) is 6.03. The molecular weight excluding hydrogens is 388 g/mol. The van der Waals surface area contributed by atoms with Gasteiger partial charge in [-0.1, -0.05) is 11.3 Å². The molecule has 3 aromatic heterocycles. The van der Waals surface area contributed by atoms with Gasteiger partial charge in [-0.2, -0.15) is 0 Å². The third-order valence-electron chi connectivity index (χ3n) is 6.30. The number of nitrogens with zero attached hydrogens (tertiary/aromatic N) is 5. The second kappa shape index (κ2) is 7.30. The van der Waals surface area contributed by atoms with Crippen LogP contribution in [0.2, 0.25) is 0 Å². The van der Waals surface area contributed by atoms with Gasteiger partial charge in [-0.3, -0.25) is 4.90 Å². The smallest absolute Gasteiger partial charge is 0.279 e. The highest BCUT2D eigenvalue weighted by Crippen LogP contribution is 2.41. The van der Waals surface area contributed by atoms with E-state index in [1.54, 1.807) is 11.3 Å². The minimum atomic E-state index is 0.735. The second-order valence-electron chi connectivity index (χ2n) is 7.93. The molecule has 152 valence electrons. The first-order valence-corrected chi connectivity index (χ1v) is 11.4. The van der Waals surface area contributed by atoms with E-state index in [-0.39, 0.29) is 0 Å². The summed E-state index contributed by atoms with van der Waals surface area (Å²) in [6.45, 7) is 6.65. The number of morpholine rings is 2. The summed E-state index contributed by atoms with van der Waals surface area (Å²) in [5.74, 6) is 2.24. The molecular formula is C20H25N6O2S+. The Kier molecular flexibility index (Phi) is 4.46. The summed E-state index contributed by atoms with van der Waals surface area (Å²) in [7, 11) is 0. The van der Waals surface area contributed by atoms with Crippen LogP contribution in [0, 0.1) is 0 Å². The summed E-state index contributed by atoms with van der Waals surface area (Å²) in [4.78, 5) is 9.73. The minimum absolute atomic E-state index is 0.735. The third kappa shape index (κ3) is 2.94. The molecule has 0 spiro atoms. The Bertz CT molecular complexity index is 1060. The Morgan fingerprint density at radius 1 is 0.828 bits per heavy atom. The zero-order valence-corrected chi connectivity index (χ0v) is 17.3. The topological polar surface area (TPSA) is 77.8 Å². The van der Waals surface area contributed by atoms with Gasteiger partial charge in [0.05, 0.1) is 31.8 Å². The second-order valence-corrected chi connectivity index (χ2v) is 8.95. The number of thiophene rings is 1. The van der Waals surface area contributed by atoms with Crippen molar-refractivity contribution in [1.29, 1.82) is 0 Å². The average Bonchev–Trinajstić information content (AvgIpc) is 3.18. The van der Waals surface area contributed by atoms with Crippen LogP contribution in [0.3, 0.4) is 0 Å². The van der Waals surface area contributed by atoms with E-state index in [1.807, 2.05) is 0 Å². The zero-order valence-electron chi connectivity index (χ0n) is 16.4. The van der Waals surface area contributed by atoms with Gasteiger partial charge in [-0.25, -0.2) is 4.98 Å². The lowest BCUT2D eigenvalue weighted by Gasteiger charge is -2.27. The predicted molar refractivity (Wildman–Crippen MR) is 112 cm³/mol. The van der Waals surface area contributed by atoms with Crippen molar-refractivity contribution < 1.29 is 14.5 Å². The number of hydrogen-bond acceptors (Lipinski definition) is 8. The highest BCUT2D eigenvalue weighted by atomic mass is 32.1. The summed E-state index contributed by atoms with van der Waals surface area (Å²) >= 11 is 1.77. The van der Waals surface area contributed by atoms with Gasteiger partial charge in [0.15, 0.2) is 10.6 Å². The van der Waals surface area contributed by atoms with Crippen LogP contribution in [0.5, 0.6) is 0 Å². The maximum Gasteiger partial charge on any atom is 0.279 e. The Hall–Kier alpha value is -2.10. The van der Waals surface area contributed by atoms with Crippen LogP contribution in [0.15, 0.2) is 0 Å². The summed E-state index contributed by atoms with van der Waals surface area (Å²) in [5, 5.41) is 14.4. The third-order valence-corrected chi connectivity index (χ3v) is 7.39. The van der Waals surface area contributed by atoms with Crippen LogP contribution in [0.1, 0.15) is 24.0 Å². The van der Waals surface area contributed by atoms with Gasteiger partial charge in [-0.15, -0.1) is 10.2 Å². The fraction of sp³-hybridized carbons (Fsp3) is 0.600. The molecule has 9 heteroatoms. The van der Waals surface area contributed by atoms with Crippen LogP contribution < -0.4 is 14.8 Å². The number of nitrogens with one attached hydrogen (secondary N) is 1. The zero-order chi connectivity index (χ0) is 19.2. The molecule has 2 aliphatic heterocycles. The summed E-state index contributed by atoms with van der Waals surface area (Å²) in [6.07, 6.45) is 4.72. The van der Waals surface area contributed by atoms with E-state index in [0.29, 0.717) is 0 Å². The molecule has 3 aromatic rings. The number of ether oxygens (including phenoxy) is 2. The summed E-state index contributed by atoms with van der Waals surface area (Å²) < 4.78 is 12.3. The van der Waals surface area contributed by atoms with E-state index in [1.165, 1.54) is 40.0 Å². The summed E-state index contributed by atoms with van der Waals surface area (Å²) in [5.41, 5.74) is 3.94. The highest BCUT2D eigenvalue weighted by molar-refractivity contribution is 7.25. The van der Waals surface area contributed by atoms with E-state index in [2.05, 4.69) is 30.2 Å². The molecule has 2 fully saturated rings. The number of fused-ring (bicyclic) bond motifs is 5. The number of pyridine rings is 1. The molecule has 3 aliphatic rings. The Morgan fingerprint density at radius 2 is 1.52 bits per heavy atom. The van der Waals surface area contributed by atoms with Crippen LogP contribution in [0.25, 0.3) is 20.4 Å². The van der Waals surface area contributed by atoms with Crippen molar-refractivity contribution in [3.8, 4) is 0 Å². The Balaban J connectivity index is 1.57. The Labute approximate surface area is 172 Å². The number of aromatic amines is 1. The number of rotatable bonds is 2. The monoisotopic (exact) mass is 413 g/mol. The Morgan fingerprint density at radius 3 is 2.28 bits per heavy atom. The van der Waals surface area contributed by atoms with Crippen LogP contribution in [-0.2, 0) is 22.3 Å². The van der Waals surface area contributed by atoms with E-state index in [4.69, 9.17) is 9.47 Å². The van der Waals surface area contributed by atoms with Crippen molar-refractivity contribution in [2.45, 2.75) is 25.7 Å². The molecule has 6 rings (SSSR count). The maximum absolute atomic E-state index is 5.59. The first-order valence-electron chi connectivity index (χ1n) is 10.6. The molecule has 2 saturated heterocycles. The van der Waals surface area contributed by atoms with Crippen molar-refractivity contribution in [3.63, 3.8) is 0 Å². The van der Waals surface area contributed by atoms with Crippen molar-refractivity contribution in [1.82, 2.24) is 15.4 Å². The molecule has 1 aliphatic carbocycles. The molecule has 29 heavy (non-hydrogen) atoms. The van der Waals surface area contributed by atoms with Crippen molar-refractivity contribution >= 4 is 43.4 Å². The molecule has 0 unspecified atom stereocenters. The largest absolute Gasteiger partial charge is 0.378 e. The van der Waals surface area contributed by atoms with Gasteiger partial charge >= 0.3 is 0 Å². The molecule has 5 heterocycles. The van der Waals surface area contributed by atoms with Crippen LogP contribution in [0.4, 0.5) is 11.6 Å². The molecule has 0 amide bonds. The average molecular weight is 414 g/mol. The van der Waals surface area contributed by atoms with Gasteiger partial charge in [0.25, 0.3) is 5.82 Å². The lowest BCUT2D eigenvalue weighted by molar-refractivity contribution is -0.328. The van der Waals surface area contributed by atoms with Crippen LogP contribution in [-0.4, -0.2) is 68.0 Å². The molecule has 0 aromatic carbocycles. The number of anilines is 2. The predicted octanol–water partition coefficient (Wildman–Crippen LogP) is 1.61. The van der Waals surface area contributed by atoms with Crippen molar-refractivity contribution in [2.75, 3.05) is 62.4 Å². The van der Waals surface area contributed by atoms with E-state index in [0.717, 1.165) is 81.5 Å². The van der Waals surface area contributed by atoms with Gasteiger partial charge < -0.3 is 14.4 Å². The maximum atomic E-state index is 5.59. The van der Waals surface area contributed by atoms with Gasteiger partial charge in [0.2, 0.25) is 0 Å². The standard InChI is InChI=1S/C20H24N6O2S/c1-2-4-14-13(3-1)15-16-17(19(23-24-22-16)26-7-11-28-12-8-26)29-20(15)21-18(14)25-5-9-27-10-6-25/h1-12H2/p+1. The lowest BCUT2D eigenvalue weighted by atomic mass is 9.90. The quantitative estimate of drug-likeness (QED) is 0.632. The number of aromatic nitrogens is 4. The molecule has 0 bridgehead atoms. The molecule has 8 nitrogen and oxygen atoms in total. The molecule has 0 saturated carbocycles. The van der Waals surface area contributed by atoms with Crippen LogP contribution >= 0.6 is 11.3 Å². The van der Waals surface area contributed by atoms with Crippen molar-refractivity contribution in [2.24, 2.45) is 0 Å². The van der Waals surface area contributed by atoms with E-state index >= 15 is 0 Å². The van der Waals surface area contributed by atoms with Crippen molar-refractivity contribution in [3.05, 3.63) is 11.1 Å². The number of aryl methyl sites for hydroxylation is 1. The first kappa shape index (κ1) is 17.7. The normalized spacial score (nSPS) is 20.4. The van der Waals surface area contributed by atoms with E-state index < -0.39 is 0 Å². The first-order chi connectivity index (χ1) is 14.4. The molecule has 0 radical (unpaired) electrons.